The monoisotopic (exact) mass is 227 g/mol. The van der Waals surface area contributed by atoms with Crippen LogP contribution in [0.5, 0.6) is 0 Å². The molecule has 0 saturated carbocycles. The van der Waals surface area contributed by atoms with E-state index in [-0.39, 0.29) is 0 Å². The van der Waals surface area contributed by atoms with E-state index < -0.39 is 0 Å². The topological polar surface area (TPSA) is 61.7 Å². The Hall–Kier alpha value is -2.30. The lowest BCUT2D eigenvalue weighted by Crippen LogP contribution is -1.99. The summed E-state index contributed by atoms with van der Waals surface area (Å²) >= 11 is 0. The average Bonchev–Trinajstić information content (AvgIpc) is 2.82. The van der Waals surface area contributed by atoms with Gasteiger partial charge in [0, 0.05) is 13.2 Å². The third-order valence-corrected chi connectivity index (χ3v) is 2.86. The SMILES string of the molecule is Cc1cccc2c1nc(N)n2-c1cnn(C)c1. The molecule has 0 radical (unpaired) electrons. The van der Waals surface area contributed by atoms with E-state index in [0.29, 0.717) is 5.95 Å². The molecular weight excluding hydrogens is 214 g/mol. The molecule has 17 heavy (non-hydrogen) atoms. The van der Waals surface area contributed by atoms with Crippen LogP contribution in [0.15, 0.2) is 30.6 Å². The summed E-state index contributed by atoms with van der Waals surface area (Å²) in [7, 11) is 1.88. The van der Waals surface area contributed by atoms with Crippen molar-refractivity contribution in [1.29, 1.82) is 0 Å². The molecule has 0 bridgehead atoms. The average molecular weight is 227 g/mol. The number of hydrogen-bond donors (Lipinski definition) is 1. The number of hydrogen-bond acceptors (Lipinski definition) is 3. The fourth-order valence-electron chi connectivity index (χ4n) is 2.05. The van der Waals surface area contributed by atoms with Crippen molar-refractivity contribution < 1.29 is 0 Å². The molecule has 2 N–H and O–H groups in total. The normalized spacial score (nSPS) is 11.2. The minimum absolute atomic E-state index is 0.488. The van der Waals surface area contributed by atoms with Crippen LogP contribution in [0.3, 0.4) is 0 Å². The standard InChI is InChI=1S/C12H13N5/c1-8-4-3-5-10-11(8)15-12(13)17(10)9-6-14-16(2)7-9/h3-7H,1-2H3,(H2,13,15). The van der Waals surface area contributed by atoms with Crippen molar-refractivity contribution in [2.24, 2.45) is 7.05 Å². The van der Waals surface area contributed by atoms with Crippen molar-refractivity contribution in [2.45, 2.75) is 6.92 Å². The van der Waals surface area contributed by atoms with Crippen molar-refractivity contribution in [1.82, 2.24) is 19.3 Å². The summed E-state index contributed by atoms with van der Waals surface area (Å²) < 4.78 is 3.66. The van der Waals surface area contributed by atoms with Gasteiger partial charge in [0.15, 0.2) is 0 Å². The van der Waals surface area contributed by atoms with Gasteiger partial charge in [0.2, 0.25) is 5.95 Å². The minimum Gasteiger partial charge on any atom is -0.369 e. The van der Waals surface area contributed by atoms with Gasteiger partial charge in [0.05, 0.1) is 22.9 Å². The highest BCUT2D eigenvalue weighted by atomic mass is 15.3. The highest BCUT2D eigenvalue weighted by molar-refractivity contribution is 5.83. The molecule has 2 aromatic heterocycles. The molecule has 86 valence electrons. The van der Waals surface area contributed by atoms with Crippen LogP contribution in [0.4, 0.5) is 5.95 Å². The van der Waals surface area contributed by atoms with Gasteiger partial charge in [-0.1, -0.05) is 12.1 Å². The van der Waals surface area contributed by atoms with Crippen molar-refractivity contribution in [3.8, 4) is 5.69 Å². The number of benzene rings is 1. The molecule has 0 aliphatic rings. The lowest BCUT2D eigenvalue weighted by atomic mass is 10.2. The Kier molecular flexibility index (Phi) is 1.95. The first-order chi connectivity index (χ1) is 8.16. The summed E-state index contributed by atoms with van der Waals surface area (Å²) in [5.74, 6) is 0.488. The van der Waals surface area contributed by atoms with Gasteiger partial charge < -0.3 is 5.73 Å². The molecule has 3 aromatic rings. The highest BCUT2D eigenvalue weighted by Gasteiger charge is 2.12. The van der Waals surface area contributed by atoms with Crippen LogP contribution >= 0.6 is 0 Å². The summed E-state index contributed by atoms with van der Waals surface area (Å²) in [6, 6.07) is 6.05. The fourth-order valence-corrected chi connectivity index (χ4v) is 2.05. The molecule has 0 spiro atoms. The Bertz CT molecular complexity index is 692. The smallest absolute Gasteiger partial charge is 0.206 e. The van der Waals surface area contributed by atoms with E-state index in [0.717, 1.165) is 22.3 Å². The molecule has 2 heterocycles. The maximum atomic E-state index is 5.98. The number of rotatable bonds is 1. The minimum atomic E-state index is 0.488. The van der Waals surface area contributed by atoms with Gasteiger partial charge in [-0.05, 0) is 18.6 Å². The summed E-state index contributed by atoms with van der Waals surface area (Å²) in [6.45, 7) is 2.03. The third-order valence-electron chi connectivity index (χ3n) is 2.86. The number of aromatic nitrogens is 4. The predicted molar refractivity (Wildman–Crippen MR) is 67.0 cm³/mol. The number of anilines is 1. The maximum Gasteiger partial charge on any atom is 0.206 e. The fraction of sp³-hybridized carbons (Fsp3) is 0.167. The van der Waals surface area contributed by atoms with Gasteiger partial charge in [-0.25, -0.2) is 4.98 Å². The van der Waals surface area contributed by atoms with Crippen molar-refractivity contribution in [2.75, 3.05) is 5.73 Å². The molecule has 0 aliphatic carbocycles. The first-order valence-corrected chi connectivity index (χ1v) is 5.39. The third kappa shape index (κ3) is 1.39. The van der Waals surface area contributed by atoms with Crippen molar-refractivity contribution in [3.05, 3.63) is 36.2 Å². The van der Waals surface area contributed by atoms with E-state index in [1.165, 1.54) is 0 Å². The van der Waals surface area contributed by atoms with E-state index in [9.17, 15) is 0 Å². The van der Waals surface area contributed by atoms with E-state index >= 15 is 0 Å². The van der Waals surface area contributed by atoms with Crippen LogP contribution in [-0.4, -0.2) is 19.3 Å². The maximum absolute atomic E-state index is 5.98. The Morgan fingerprint density at radius 2 is 2.12 bits per heavy atom. The molecule has 0 fully saturated rings. The molecule has 1 aromatic carbocycles. The molecule has 0 atom stereocenters. The number of para-hydroxylation sites is 1. The molecule has 3 rings (SSSR count). The quantitative estimate of drug-likeness (QED) is 0.687. The Morgan fingerprint density at radius 1 is 1.29 bits per heavy atom. The molecule has 0 unspecified atom stereocenters. The van der Waals surface area contributed by atoms with Gasteiger partial charge in [0.1, 0.15) is 0 Å². The largest absolute Gasteiger partial charge is 0.369 e. The van der Waals surface area contributed by atoms with E-state index in [1.807, 2.05) is 42.9 Å². The zero-order chi connectivity index (χ0) is 12.0. The van der Waals surface area contributed by atoms with E-state index in [4.69, 9.17) is 5.73 Å². The van der Waals surface area contributed by atoms with E-state index in [1.54, 1.807) is 10.9 Å². The summed E-state index contributed by atoms with van der Waals surface area (Å²) in [5, 5.41) is 4.16. The summed E-state index contributed by atoms with van der Waals surface area (Å²) in [4.78, 5) is 4.40. The van der Waals surface area contributed by atoms with Crippen LogP contribution in [-0.2, 0) is 7.05 Å². The predicted octanol–water partition coefficient (Wildman–Crippen LogP) is 1.65. The highest BCUT2D eigenvalue weighted by Crippen LogP contribution is 2.24. The second-order valence-corrected chi connectivity index (χ2v) is 4.12. The zero-order valence-corrected chi connectivity index (χ0v) is 9.75. The second-order valence-electron chi connectivity index (χ2n) is 4.12. The second kappa shape index (κ2) is 3.35. The van der Waals surface area contributed by atoms with Gasteiger partial charge >= 0.3 is 0 Å². The number of nitrogens with two attached hydrogens (primary N) is 1. The van der Waals surface area contributed by atoms with Crippen molar-refractivity contribution in [3.63, 3.8) is 0 Å². The summed E-state index contributed by atoms with van der Waals surface area (Å²) in [5.41, 5.74) is 9.98. The van der Waals surface area contributed by atoms with Crippen LogP contribution in [0.2, 0.25) is 0 Å². The number of nitrogen functional groups attached to an aromatic ring is 1. The number of aryl methyl sites for hydroxylation is 2. The van der Waals surface area contributed by atoms with Gasteiger partial charge in [-0.3, -0.25) is 9.25 Å². The number of nitrogens with zero attached hydrogens (tertiary/aromatic N) is 4. The van der Waals surface area contributed by atoms with Crippen LogP contribution in [0, 0.1) is 6.92 Å². The molecular formula is C12H13N5. The van der Waals surface area contributed by atoms with Gasteiger partial charge in [-0.2, -0.15) is 5.10 Å². The van der Waals surface area contributed by atoms with Gasteiger partial charge in [0.25, 0.3) is 0 Å². The first kappa shape index (κ1) is 9.89. The Labute approximate surface area is 98.5 Å². The Balaban J connectivity index is 2.36. The zero-order valence-electron chi connectivity index (χ0n) is 9.75. The van der Waals surface area contributed by atoms with Crippen LogP contribution < -0.4 is 5.73 Å². The molecule has 5 nitrogen and oxygen atoms in total. The Morgan fingerprint density at radius 3 is 2.82 bits per heavy atom. The number of fused-ring (bicyclic) bond motifs is 1. The van der Waals surface area contributed by atoms with Crippen molar-refractivity contribution >= 4 is 17.0 Å². The lowest BCUT2D eigenvalue weighted by molar-refractivity contribution is 0.767. The molecule has 0 aliphatic heterocycles. The molecule has 5 heteroatoms. The van der Waals surface area contributed by atoms with Gasteiger partial charge in [-0.15, -0.1) is 0 Å². The van der Waals surface area contributed by atoms with Crippen LogP contribution in [0.1, 0.15) is 5.56 Å². The lowest BCUT2D eigenvalue weighted by Gasteiger charge is -2.02. The number of imidazole rings is 1. The summed E-state index contributed by atoms with van der Waals surface area (Å²) in [6.07, 6.45) is 3.69. The molecule has 0 saturated heterocycles. The molecule has 0 amide bonds. The van der Waals surface area contributed by atoms with Crippen LogP contribution in [0.25, 0.3) is 16.7 Å². The first-order valence-electron chi connectivity index (χ1n) is 5.39. The van der Waals surface area contributed by atoms with E-state index in [2.05, 4.69) is 10.1 Å².